The van der Waals surface area contributed by atoms with Crippen molar-refractivity contribution in [1.29, 1.82) is 0 Å². The summed E-state index contributed by atoms with van der Waals surface area (Å²) in [6.07, 6.45) is 0.605. The fraction of sp³-hybridized carbons (Fsp3) is 0.208. The first-order valence-electron chi connectivity index (χ1n) is 11.0. The van der Waals surface area contributed by atoms with Gasteiger partial charge in [-0.1, -0.05) is 34.1 Å². The largest absolute Gasteiger partial charge is 0.480 e. The number of fused-ring (bicyclic) bond motifs is 3. The van der Waals surface area contributed by atoms with Crippen LogP contribution in [0.1, 0.15) is 19.3 Å². The molecule has 4 rings (SSSR count). The predicted octanol–water partition coefficient (Wildman–Crippen LogP) is 4.23. The van der Waals surface area contributed by atoms with Crippen molar-refractivity contribution in [2.24, 2.45) is 0 Å². The second-order valence-corrected chi connectivity index (χ2v) is 12.5. The van der Waals surface area contributed by atoms with Crippen LogP contribution < -0.4 is 9.44 Å². The van der Waals surface area contributed by atoms with Gasteiger partial charge in [-0.2, -0.15) is 4.72 Å². The number of halogens is 1. The highest BCUT2D eigenvalue weighted by atomic mass is 79.9. The maximum atomic E-state index is 12.9. The van der Waals surface area contributed by atoms with E-state index in [1.54, 1.807) is 18.2 Å². The Morgan fingerprint density at radius 1 is 0.861 bits per heavy atom. The Morgan fingerprint density at radius 3 is 2.25 bits per heavy atom. The molecule has 0 fully saturated rings. The van der Waals surface area contributed by atoms with Gasteiger partial charge in [0.05, 0.1) is 9.79 Å². The molecule has 190 valence electrons. The molecule has 0 radical (unpaired) electrons. The summed E-state index contributed by atoms with van der Waals surface area (Å²) < 4.78 is 61.7. The highest BCUT2D eigenvalue weighted by Gasteiger charge is 2.26. The Kier molecular flexibility index (Phi) is 7.81. The minimum Gasteiger partial charge on any atom is -0.480 e. The lowest BCUT2D eigenvalue weighted by atomic mass is 10.1. The van der Waals surface area contributed by atoms with Gasteiger partial charge < -0.3 is 9.52 Å². The van der Waals surface area contributed by atoms with Crippen molar-refractivity contribution in [2.45, 2.75) is 35.1 Å². The number of hydrogen-bond acceptors (Lipinski definition) is 6. The van der Waals surface area contributed by atoms with Crippen molar-refractivity contribution in [1.82, 2.24) is 9.44 Å². The molecular weight excluding hydrogens is 572 g/mol. The number of furan rings is 1. The van der Waals surface area contributed by atoms with E-state index in [4.69, 9.17) is 4.42 Å². The fourth-order valence-electron chi connectivity index (χ4n) is 3.74. The van der Waals surface area contributed by atoms with Crippen LogP contribution in [0.2, 0.25) is 0 Å². The third-order valence-electron chi connectivity index (χ3n) is 5.59. The second kappa shape index (κ2) is 10.7. The molecule has 0 saturated heterocycles. The van der Waals surface area contributed by atoms with E-state index >= 15 is 0 Å². The average molecular weight is 595 g/mol. The van der Waals surface area contributed by atoms with E-state index in [0.717, 1.165) is 9.86 Å². The molecule has 0 aliphatic rings. The molecule has 12 heteroatoms. The monoisotopic (exact) mass is 594 g/mol. The molecule has 0 saturated carbocycles. The van der Waals surface area contributed by atoms with Crippen molar-refractivity contribution in [3.63, 3.8) is 0 Å². The average Bonchev–Trinajstić information content (AvgIpc) is 3.21. The zero-order valence-corrected chi connectivity index (χ0v) is 22.1. The summed E-state index contributed by atoms with van der Waals surface area (Å²) in [5, 5.41) is 10.9. The zero-order valence-electron chi connectivity index (χ0n) is 18.8. The molecule has 0 bridgehead atoms. The van der Waals surface area contributed by atoms with Crippen molar-refractivity contribution in [3.05, 3.63) is 71.2 Å². The molecule has 0 aliphatic heterocycles. The van der Waals surface area contributed by atoms with Gasteiger partial charge in [0.25, 0.3) is 0 Å². The number of carboxylic acids is 1. The van der Waals surface area contributed by atoms with Gasteiger partial charge in [-0.05, 0) is 67.8 Å². The number of nitrogens with one attached hydrogen (secondary N) is 2. The highest BCUT2D eigenvalue weighted by Crippen LogP contribution is 2.30. The molecule has 0 amide bonds. The number of carboxylic acid groups (broad SMARTS) is 1. The Labute approximate surface area is 216 Å². The highest BCUT2D eigenvalue weighted by molar-refractivity contribution is 9.10. The molecule has 1 aromatic heterocycles. The number of sulfonamides is 2. The normalized spacial score (nSPS) is 13.2. The lowest BCUT2D eigenvalue weighted by molar-refractivity contribution is -0.139. The van der Waals surface area contributed by atoms with Gasteiger partial charge in [-0.3, -0.25) is 4.79 Å². The Balaban J connectivity index is 1.37. The van der Waals surface area contributed by atoms with E-state index in [9.17, 15) is 26.7 Å². The molecule has 0 spiro atoms. The summed E-state index contributed by atoms with van der Waals surface area (Å²) in [4.78, 5) is 11.8. The molecular formula is C24H23BrN2O7S2. The van der Waals surface area contributed by atoms with Crippen molar-refractivity contribution in [2.75, 3.05) is 6.54 Å². The van der Waals surface area contributed by atoms with Crippen LogP contribution in [-0.2, 0) is 24.8 Å². The van der Waals surface area contributed by atoms with Gasteiger partial charge in [0, 0.05) is 21.8 Å². The molecule has 1 atom stereocenters. The van der Waals surface area contributed by atoms with Crippen LogP contribution in [0.5, 0.6) is 0 Å². The van der Waals surface area contributed by atoms with E-state index in [1.165, 1.54) is 30.3 Å². The number of carbonyl (C=O) groups is 1. The minimum atomic E-state index is -4.14. The number of hydrogen-bond donors (Lipinski definition) is 3. The maximum absolute atomic E-state index is 12.9. The topological polar surface area (TPSA) is 143 Å². The Hall–Kier alpha value is -2.77. The smallest absolute Gasteiger partial charge is 0.321 e. The first-order valence-corrected chi connectivity index (χ1v) is 14.7. The zero-order chi connectivity index (χ0) is 25.9. The van der Waals surface area contributed by atoms with Gasteiger partial charge in [-0.15, -0.1) is 0 Å². The quantitative estimate of drug-likeness (QED) is 0.220. The van der Waals surface area contributed by atoms with Crippen molar-refractivity contribution in [3.8, 4) is 0 Å². The van der Waals surface area contributed by atoms with Crippen LogP contribution in [0.25, 0.3) is 21.9 Å². The van der Waals surface area contributed by atoms with E-state index in [-0.39, 0.29) is 29.2 Å². The molecule has 3 aromatic carbocycles. The summed E-state index contributed by atoms with van der Waals surface area (Å²) in [6, 6.07) is 16.4. The van der Waals surface area contributed by atoms with Crippen LogP contribution in [0.15, 0.2) is 85.4 Å². The summed E-state index contributed by atoms with van der Waals surface area (Å²) in [5.41, 5.74) is 1.14. The first-order chi connectivity index (χ1) is 17.1. The number of unbranched alkanes of at least 4 members (excludes halogenated alkanes) is 1. The van der Waals surface area contributed by atoms with Crippen LogP contribution in [0.4, 0.5) is 0 Å². The molecule has 4 aromatic rings. The SMILES string of the molecule is O=C(O)C(CCCCNS(=O)(=O)c1ccc(Br)cc1)NS(=O)(=O)c1ccc2oc3ccccc3c2c1. The molecule has 1 unspecified atom stereocenters. The van der Waals surface area contributed by atoms with Gasteiger partial charge in [-0.25, -0.2) is 21.6 Å². The lowest BCUT2D eigenvalue weighted by Crippen LogP contribution is -2.40. The van der Waals surface area contributed by atoms with E-state index in [2.05, 4.69) is 25.4 Å². The van der Waals surface area contributed by atoms with Crippen LogP contribution in [0.3, 0.4) is 0 Å². The third kappa shape index (κ3) is 5.95. The molecule has 0 aliphatic carbocycles. The molecule has 36 heavy (non-hydrogen) atoms. The lowest BCUT2D eigenvalue weighted by Gasteiger charge is -2.15. The van der Waals surface area contributed by atoms with Crippen molar-refractivity contribution < 1.29 is 31.2 Å². The number of para-hydroxylation sites is 1. The molecule has 3 N–H and O–H groups in total. The Bertz CT molecular complexity index is 1620. The predicted molar refractivity (Wildman–Crippen MR) is 139 cm³/mol. The van der Waals surface area contributed by atoms with Crippen LogP contribution in [-0.4, -0.2) is 40.5 Å². The van der Waals surface area contributed by atoms with Gasteiger partial charge in [0.15, 0.2) is 0 Å². The summed E-state index contributed by atoms with van der Waals surface area (Å²) in [6.45, 7) is 0.0850. The van der Waals surface area contributed by atoms with Gasteiger partial charge in [0.1, 0.15) is 17.2 Å². The van der Waals surface area contributed by atoms with E-state index in [1.807, 2.05) is 18.2 Å². The standard InChI is InChI=1S/C24H23BrN2O7S2/c25-16-8-10-17(11-9-16)35(30,31)26-14-4-3-6-21(24(28)29)27-36(32,33)18-12-13-23-20(15-18)19-5-1-2-7-22(19)34-23/h1-2,5,7-13,15,21,26-27H,3-4,6,14H2,(H,28,29). The minimum absolute atomic E-state index is 0.00847. The maximum Gasteiger partial charge on any atom is 0.321 e. The van der Waals surface area contributed by atoms with Crippen molar-refractivity contribution >= 4 is 63.9 Å². The second-order valence-electron chi connectivity index (χ2n) is 8.12. The van der Waals surface area contributed by atoms with Crippen LogP contribution >= 0.6 is 15.9 Å². The van der Waals surface area contributed by atoms with Crippen LogP contribution in [0, 0.1) is 0 Å². The molecule has 1 heterocycles. The first kappa shape index (κ1) is 26.3. The number of benzene rings is 3. The number of aliphatic carboxylic acids is 1. The Morgan fingerprint density at radius 2 is 1.53 bits per heavy atom. The summed E-state index contributed by atoms with van der Waals surface area (Å²) in [5.74, 6) is -1.32. The third-order valence-corrected chi connectivity index (χ3v) is 9.06. The van der Waals surface area contributed by atoms with E-state index < -0.39 is 32.1 Å². The summed E-state index contributed by atoms with van der Waals surface area (Å²) in [7, 11) is -7.83. The molecule has 9 nitrogen and oxygen atoms in total. The fourth-order valence-corrected chi connectivity index (χ4v) is 6.33. The summed E-state index contributed by atoms with van der Waals surface area (Å²) >= 11 is 3.25. The number of rotatable bonds is 11. The van der Waals surface area contributed by atoms with Gasteiger partial charge in [0.2, 0.25) is 20.0 Å². The van der Waals surface area contributed by atoms with Gasteiger partial charge >= 0.3 is 5.97 Å². The van der Waals surface area contributed by atoms with E-state index in [0.29, 0.717) is 23.0 Å².